The molecule has 1 fully saturated rings. The molecule has 1 atom stereocenters. The Morgan fingerprint density at radius 1 is 1.24 bits per heavy atom. The van der Waals surface area contributed by atoms with Crippen LogP contribution in [0.4, 0.5) is 10.1 Å². The number of benzene rings is 1. The van der Waals surface area contributed by atoms with Gasteiger partial charge in [-0.25, -0.2) is 9.37 Å². The Hall–Kier alpha value is -2.71. The van der Waals surface area contributed by atoms with Gasteiger partial charge in [0, 0.05) is 19.8 Å². The molecule has 176 valence electrons. The largest absolute Gasteiger partial charge is 0.474 e. The van der Waals surface area contributed by atoms with Crippen molar-refractivity contribution in [3.05, 3.63) is 53.0 Å². The SMILES string of the molecule is C[C@H]1COc2nc(C(=O)NCC3CCOCC3)c(Cc3ccc(F)cc3)cc2N1C(=O)CCl. The van der Waals surface area contributed by atoms with Gasteiger partial charge in [0.1, 0.15) is 29.7 Å². The summed E-state index contributed by atoms with van der Waals surface area (Å²) in [5.41, 5.74) is 2.15. The topological polar surface area (TPSA) is 80.8 Å². The van der Waals surface area contributed by atoms with E-state index in [-0.39, 0.29) is 47.7 Å². The van der Waals surface area contributed by atoms with E-state index in [1.807, 2.05) is 6.92 Å². The Labute approximate surface area is 197 Å². The zero-order valence-corrected chi connectivity index (χ0v) is 19.2. The Morgan fingerprint density at radius 2 is 1.97 bits per heavy atom. The molecule has 33 heavy (non-hydrogen) atoms. The molecule has 0 spiro atoms. The van der Waals surface area contributed by atoms with E-state index in [9.17, 15) is 14.0 Å². The van der Waals surface area contributed by atoms with Gasteiger partial charge in [-0.2, -0.15) is 0 Å². The Kier molecular flexibility index (Phi) is 7.45. The van der Waals surface area contributed by atoms with Crippen LogP contribution in [0, 0.1) is 11.7 Å². The number of hydrogen-bond donors (Lipinski definition) is 1. The maximum atomic E-state index is 13.4. The summed E-state index contributed by atoms with van der Waals surface area (Å²) in [7, 11) is 0. The molecule has 2 aliphatic rings. The van der Waals surface area contributed by atoms with Crippen molar-refractivity contribution in [1.29, 1.82) is 0 Å². The van der Waals surface area contributed by atoms with Crippen molar-refractivity contribution in [3.8, 4) is 5.88 Å². The molecule has 1 N–H and O–H groups in total. The van der Waals surface area contributed by atoms with Crippen LogP contribution >= 0.6 is 11.6 Å². The van der Waals surface area contributed by atoms with Crippen molar-refractivity contribution in [2.75, 3.05) is 37.1 Å². The van der Waals surface area contributed by atoms with Gasteiger partial charge in [0.15, 0.2) is 0 Å². The summed E-state index contributed by atoms with van der Waals surface area (Å²) in [6.45, 7) is 4.05. The van der Waals surface area contributed by atoms with Crippen LogP contribution < -0.4 is 15.0 Å². The molecule has 1 aromatic carbocycles. The monoisotopic (exact) mass is 475 g/mol. The molecule has 0 bridgehead atoms. The molecule has 3 heterocycles. The average molecular weight is 476 g/mol. The van der Waals surface area contributed by atoms with Crippen LogP contribution in [-0.2, 0) is 16.0 Å². The zero-order chi connectivity index (χ0) is 23.4. The number of amides is 2. The third-order valence-corrected chi connectivity index (χ3v) is 6.24. The summed E-state index contributed by atoms with van der Waals surface area (Å²) < 4.78 is 24.6. The molecule has 4 rings (SSSR count). The fourth-order valence-electron chi connectivity index (χ4n) is 4.19. The number of alkyl halides is 1. The van der Waals surface area contributed by atoms with Gasteiger partial charge in [-0.05, 0) is 61.4 Å². The van der Waals surface area contributed by atoms with Gasteiger partial charge in [-0.1, -0.05) is 12.1 Å². The molecular formula is C24H27ClFN3O4. The van der Waals surface area contributed by atoms with E-state index in [1.54, 1.807) is 23.1 Å². The van der Waals surface area contributed by atoms with Gasteiger partial charge in [-0.15, -0.1) is 11.6 Å². The van der Waals surface area contributed by atoms with Crippen LogP contribution in [0.3, 0.4) is 0 Å². The van der Waals surface area contributed by atoms with Gasteiger partial charge < -0.3 is 19.7 Å². The lowest BCUT2D eigenvalue weighted by atomic mass is 9.99. The predicted octanol–water partition coefficient (Wildman–Crippen LogP) is 3.32. The summed E-state index contributed by atoms with van der Waals surface area (Å²) in [4.78, 5) is 31.8. The van der Waals surface area contributed by atoms with Crippen LogP contribution in [0.1, 0.15) is 41.4 Å². The maximum Gasteiger partial charge on any atom is 0.270 e. The number of rotatable bonds is 6. The van der Waals surface area contributed by atoms with Gasteiger partial charge >= 0.3 is 0 Å². The minimum Gasteiger partial charge on any atom is -0.474 e. The quantitative estimate of drug-likeness (QED) is 0.648. The van der Waals surface area contributed by atoms with Crippen molar-refractivity contribution < 1.29 is 23.5 Å². The van der Waals surface area contributed by atoms with Crippen molar-refractivity contribution in [3.63, 3.8) is 0 Å². The highest BCUT2D eigenvalue weighted by atomic mass is 35.5. The fourth-order valence-corrected chi connectivity index (χ4v) is 4.31. The Balaban J connectivity index is 1.67. The van der Waals surface area contributed by atoms with E-state index < -0.39 is 0 Å². The number of nitrogens with zero attached hydrogens (tertiary/aromatic N) is 2. The van der Waals surface area contributed by atoms with E-state index in [2.05, 4.69) is 10.3 Å². The van der Waals surface area contributed by atoms with E-state index >= 15 is 0 Å². The number of ether oxygens (including phenoxy) is 2. The molecule has 2 aromatic rings. The minimum atomic E-state index is -0.335. The first-order valence-electron chi connectivity index (χ1n) is 11.1. The molecular weight excluding hydrogens is 449 g/mol. The lowest BCUT2D eigenvalue weighted by Gasteiger charge is -2.34. The molecule has 0 radical (unpaired) electrons. The van der Waals surface area contributed by atoms with E-state index in [0.717, 1.165) is 18.4 Å². The fraction of sp³-hybridized carbons (Fsp3) is 0.458. The molecule has 1 saturated heterocycles. The smallest absolute Gasteiger partial charge is 0.270 e. The summed E-state index contributed by atoms with van der Waals surface area (Å²) in [5.74, 6) is -0.498. The van der Waals surface area contributed by atoms with Gasteiger partial charge in [0.25, 0.3) is 5.91 Å². The average Bonchev–Trinajstić information content (AvgIpc) is 2.83. The van der Waals surface area contributed by atoms with E-state index in [1.165, 1.54) is 12.1 Å². The predicted molar refractivity (Wildman–Crippen MR) is 122 cm³/mol. The first-order valence-corrected chi connectivity index (χ1v) is 11.6. The van der Waals surface area contributed by atoms with Crippen LogP contribution in [0.25, 0.3) is 0 Å². The number of anilines is 1. The zero-order valence-electron chi connectivity index (χ0n) is 18.5. The Bertz CT molecular complexity index is 1010. The van der Waals surface area contributed by atoms with Crippen LogP contribution in [0.5, 0.6) is 5.88 Å². The molecule has 1 aromatic heterocycles. The molecule has 0 unspecified atom stereocenters. The second-order valence-electron chi connectivity index (χ2n) is 8.45. The number of hydrogen-bond acceptors (Lipinski definition) is 5. The van der Waals surface area contributed by atoms with Crippen molar-refractivity contribution in [2.24, 2.45) is 5.92 Å². The van der Waals surface area contributed by atoms with Crippen molar-refractivity contribution >= 4 is 29.1 Å². The number of carbonyl (C=O) groups is 2. The molecule has 2 amide bonds. The van der Waals surface area contributed by atoms with Gasteiger partial charge in [0.2, 0.25) is 11.8 Å². The first-order chi connectivity index (χ1) is 16.0. The summed E-state index contributed by atoms with van der Waals surface area (Å²) in [5, 5.41) is 2.99. The number of aromatic nitrogens is 1. The Morgan fingerprint density at radius 3 is 2.67 bits per heavy atom. The van der Waals surface area contributed by atoms with E-state index in [4.69, 9.17) is 21.1 Å². The molecule has 2 aliphatic heterocycles. The van der Waals surface area contributed by atoms with Crippen molar-refractivity contribution in [1.82, 2.24) is 10.3 Å². The number of halogens is 2. The normalized spacial score (nSPS) is 18.4. The lowest BCUT2D eigenvalue weighted by molar-refractivity contribution is -0.117. The second-order valence-corrected chi connectivity index (χ2v) is 8.71. The van der Waals surface area contributed by atoms with Gasteiger partial charge in [0.05, 0.1) is 6.04 Å². The van der Waals surface area contributed by atoms with Crippen LogP contribution in [-0.4, -0.2) is 55.1 Å². The van der Waals surface area contributed by atoms with E-state index in [0.29, 0.717) is 43.3 Å². The van der Waals surface area contributed by atoms with Crippen LogP contribution in [0.15, 0.2) is 30.3 Å². The first kappa shape index (κ1) is 23.4. The summed E-state index contributed by atoms with van der Waals surface area (Å²) in [6, 6.07) is 7.62. The third-order valence-electron chi connectivity index (χ3n) is 6.01. The van der Waals surface area contributed by atoms with Gasteiger partial charge in [-0.3, -0.25) is 9.59 Å². The minimum absolute atomic E-state index is 0.176. The summed E-state index contributed by atoms with van der Waals surface area (Å²) in [6.07, 6.45) is 2.14. The third kappa shape index (κ3) is 5.45. The number of carbonyl (C=O) groups excluding carboxylic acids is 2. The highest BCUT2D eigenvalue weighted by molar-refractivity contribution is 6.29. The maximum absolute atomic E-state index is 13.4. The molecule has 0 aliphatic carbocycles. The molecule has 7 nitrogen and oxygen atoms in total. The molecule has 0 saturated carbocycles. The number of pyridine rings is 1. The number of fused-ring (bicyclic) bond motifs is 1. The second kappa shape index (κ2) is 10.5. The van der Waals surface area contributed by atoms with Crippen molar-refractivity contribution in [2.45, 2.75) is 32.2 Å². The highest BCUT2D eigenvalue weighted by Gasteiger charge is 2.32. The lowest BCUT2D eigenvalue weighted by Crippen LogP contribution is -2.46. The highest BCUT2D eigenvalue weighted by Crippen LogP contribution is 2.35. The number of nitrogens with one attached hydrogen (secondary N) is 1. The standard InChI is InChI=1S/C24H27ClFN3O4/c1-15-14-33-24-20(29(15)21(30)12-25)11-18(10-16-2-4-19(26)5-3-16)22(28-24)23(31)27-13-17-6-8-32-9-7-17/h2-5,11,15,17H,6-10,12-14H2,1H3,(H,27,31)/t15-/m0/s1. The molecule has 9 heteroatoms. The summed E-state index contributed by atoms with van der Waals surface area (Å²) >= 11 is 5.84. The van der Waals surface area contributed by atoms with Crippen LogP contribution in [0.2, 0.25) is 0 Å².